The Kier molecular flexibility index (Phi) is 8.64. The van der Waals surface area contributed by atoms with Gasteiger partial charge in [0.2, 0.25) is 0 Å². The molecule has 0 spiro atoms. The number of carbonyl (C=O) groups is 2. The van der Waals surface area contributed by atoms with Crippen LogP contribution in [0.2, 0.25) is 5.04 Å². The van der Waals surface area contributed by atoms with Crippen LogP contribution in [0.25, 0.3) is 0 Å². The molecule has 0 aliphatic carbocycles. The topological polar surface area (TPSA) is 64.6 Å². The van der Waals surface area contributed by atoms with Crippen LogP contribution in [0.15, 0.2) is 78.9 Å². The van der Waals surface area contributed by atoms with Gasteiger partial charge in [0.25, 0.3) is 0 Å². The lowest BCUT2D eigenvalue weighted by Crippen LogP contribution is -2.68. The molecule has 0 aliphatic rings. The van der Waals surface area contributed by atoms with Crippen molar-refractivity contribution in [3.05, 3.63) is 84.4 Å². The van der Waals surface area contributed by atoms with Gasteiger partial charge in [0.15, 0.2) is 0 Å². The van der Waals surface area contributed by atoms with E-state index in [0.717, 1.165) is 22.2 Å². The van der Waals surface area contributed by atoms with Crippen molar-refractivity contribution >= 4 is 36.8 Å². The zero-order chi connectivity index (χ0) is 27.3. The summed E-state index contributed by atoms with van der Waals surface area (Å²) >= 11 is 0. The van der Waals surface area contributed by atoms with Gasteiger partial charge in [-0.15, -0.1) is 0 Å². The molecule has 5 nitrogen and oxygen atoms in total. The molecule has 3 aromatic rings. The number of rotatable bonds is 8. The summed E-state index contributed by atoms with van der Waals surface area (Å²) in [6, 6.07) is 26.5. The summed E-state index contributed by atoms with van der Waals surface area (Å²) in [4.78, 5) is 24.0. The van der Waals surface area contributed by atoms with Gasteiger partial charge in [0.05, 0.1) is 0 Å². The van der Waals surface area contributed by atoms with Crippen molar-refractivity contribution in [1.82, 2.24) is 0 Å². The van der Waals surface area contributed by atoms with E-state index in [2.05, 4.69) is 50.4 Å². The summed E-state index contributed by atoms with van der Waals surface area (Å²) in [5.41, 5.74) is 0.848. The molecule has 0 heterocycles. The minimum atomic E-state index is -2.88. The summed E-state index contributed by atoms with van der Waals surface area (Å²) in [7, 11) is -2.88. The van der Waals surface area contributed by atoms with Crippen LogP contribution >= 0.6 is 0 Å². The first-order valence-electron chi connectivity index (χ1n) is 12.7. The monoisotopic (exact) mass is 517 g/mol. The molecule has 0 saturated heterocycles. The molecule has 0 fully saturated rings. The Labute approximate surface area is 222 Å². The number of aldehydes is 1. The largest absolute Gasteiger partial charge is 0.534 e. The molecule has 3 aromatic carbocycles. The van der Waals surface area contributed by atoms with E-state index in [-0.39, 0.29) is 11.0 Å². The smallest absolute Gasteiger partial charge is 0.412 e. The molecule has 0 saturated carbocycles. The highest BCUT2D eigenvalue weighted by molar-refractivity contribution is 7.00. The molecule has 0 aromatic heterocycles. The number of carbonyl (C=O) groups excluding carboxylic acids is 2. The fraction of sp³-hybridized carbons (Fsp3) is 0.355. The third-order valence-corrected chi connectivity index (χ3v) is 11.0. The van der Waals surface area contributed by atoms with Crippen molar-refractivity contribution in [2.45, 2.75) is 65.5 Å². The summed E-state index contributed by atoms with van der Waals surface area (Å²) in [6.45, 7) is 14.0. The van der Waals surface area contributed by atoms with Crippen LogP contribution in [-0.4, -0.2) is 26.3 Å². The molecule has 196 valence electrons. The molecule has 1 atom stereocenters. The lowest BCUT2D eigenvalue weighted by molar-refractivity contribution is -0.110. The Balaban J connectivity index is 2.16. The van der Waals surface area contributed by atoms with Gasteiger partial charge in [-0.3, -0.25) is 5.32 Å². The van der Waals surface area contributed by atoms with E-state index < -0.39 is 20.0 Å². The maximum Gasteiger partial charge on any atom is 0.412 e. The van der Waals surface area contributed by atoms with Crippen LogP contribution in [0.3, 0.4) is 0 Å². The molecule has 1 amide bonds. The fourth-order valence-electron chi connectivity index (χ4n) is 4.58. The number of ether oxygens (including phenoxy) is 1. The first kappa shape index (κ1) is 28.2. The standard InChI is InChI=1S/C31H39NO4Si/c1-23(22-33)18-24-19-25(32-29(34)35-30(2,3)4)21-26(20-24)36-37(31(5,6)7,27-14-10-8-11-15-27)28-16-12-9-13-17-28/h8-17,19-23H,18H2,1-7H3,(H,32,34)/t23-/m1/s1. The number of benzene rings is 3. The quantitative estimate of drug-likeness (QED) is 0.279. The molecule has 0 radical (unpaired) electrons. The van der Waals surface area contributed by atoms with Gasteiger partial charge in [-0.2, -0.15) is 0 Å². The van der Waals surface area contributed by atoms with Crippen LogP contribution in [0.4, 0.5) is 10.5 Å². The second kappa shape index (κ2) is 11.3. The third-order valence-electron chi connectivity index (χ3n) is 6.09. The van der Waals surface area contributed by atoms with E-state index in [1.807, 2.05) is 82.3 Å². The van der Waals surface area contributed by atoms with Crippen LogP contribution in [-0.2, 0) is 16.0 Å². The SMILES string of the molecule is C[C@@H](C=O)Cc1cc(NC(=O)OC(C)(C)C)cc(O[Si](c2ccccc2)(c2ccccc2)C(C)(C)C)c1. The summed E-state index contributed by atoms with van der Waals surface area (Å²) in [6.07, 6.45) is 0.936. The zero-order valence-electron chi connectivity index (χ0n) is 23.0. The Morgan fingerprint density at radius 2 is 1.43 bits per heavy atom. The van der Waals surface area contributed by atoms with E-state index in [4.69, 9.17) is 9.16 Å². The highest BCUT2D eigenvalue weighted by Crippen LogP contribution is 2.38. The van der Waals surface area contributed by atoms with Gasteiger partial charge in [-0.05, 0) is 60.3 Å². The number of amides is 1. The Morgan fingerprint density at radius 3 is 1.89 bits per heavy atom. The van der Waals surface area contributed by atoms with Crippen LogP contribution in [0, 0.1) is 5.92 Å². The average Bonchev–Trinajstić information content (AvgIpc) is 2.81. The summed E-state index contributed by atoms with van der Waals surface area (Å²) < 4.78 is 12.7. The first-order valence-corrected chi connectivity index (χ1v) is 14.6. The van der Waals surface area contributed by atoms with E-state index in [0.29, 0.717) is 17.9 Å². The number of hydrogen-bond acceptors (Lipinski definition) is 4. The number of hydrogen-bond donors (Lipinski definition) is 1. The molecular formula is C31H39NO4Si. The minimum Gasteiger partial charge on any atom is -0.534 e. The maximum absolute atomic E-state index is 12.6. The van der Waals surface area contributed by atoms with Crippen molar-refractivity contribution < 1.29 is 18.8 Å². The molecule has 0 bridgehead atoms. The zero-order valence-corrected chi connectivity index (χ0v) is 24.0. The van der Waals surface area contributed by atoms with Crippen molar-refractivity contribution in [3.8, 4) is 5.75 Å². The van der Waals surface area contributed by atoms with Crippen molar-refractivity contribution in [3.63, 3.8) is 0 Å². The normalized spacial score (nSPS) is 12.9. The van der Waals surface area contributed by atoms with E-state index in [1.54, 1.807) is 0 Å². The van der Waals surface area contributed by atoms with Gasteiger partial charge >= 0.3 is 14.4 Å². The molecule has 1 N–H and O–H groups in total. The predicted molar refractivity (Wildman–Crippen MR) is 153 cm³/mol. The Bertz CT molecular complexity index is 1160. The summed E-state index contributed by atoms with van der Waals surface area (Å²) in [5.74, 6) is 0.480. The lowest BCUT2D eigenvalue weighted by Gasteiger charge is -2.43. The molecule has 6 heteroatoms. The molecular weight excluding hydrogens is 478 g/mol. The molecule has 0 aliphatic heterocycles. The average molecular weight is 518 g/mol. The van der Waals surface area contributed by atoms with Gasteiger partial charge in [-0.1, -0.05) is 88.4 Å². The third kappa shape index (κ3) is 7.10. The van der Waals surface area contributed by atoms with Gasteiger partial charge in [0, 0.05) is 17.7 Å². The Hall–Kier alpha value is -3.38. The van der Waals surface area contributed by atoms with Gasteiger partial charge in [-0.25, -0.2) is 4.79 Å². The first-order chi connectivity index (χ1) is 17.3. The fourth-order valence-corrected chi connectivity index (χ4v) is 8.98. The molecule has 0 unspecified atom stereocenters. The molecule has 37 heavy (non-hydrogen) atoms. The van der Waals surface area contributed by atoms with Gasteiger partial charge < -0.3 is 14.0 Å². The molecule has 3 rings (SSSR count). The van der Waals surface area contributed by atoms with Crippen LogP contribution in [0.1, 0.15) is 54.0 Å². The van der Waals surface area contributed by atoms with E-state index >= 15 is 0 Å². The van der Waals surface area contributed by atoms with Crippen molar-refractivity contribution in [2.24, 2.45) is 5.92 Å². The minimum absolute atomic E-state index is 0.169. The Morgan fingerprint density at radius 1 is 0.892 bits per heavy atom. The second-order valence-electron chi connectivity index (χ2n) is 11.6. The van der Waals surface area contributed by atoms with Crippen molar-refractivity contribution in [2.75, 3.05) is 5.32 Å². The highest BCUT2D eigenvalue weighted by atomic mass is 28.4. The predicted octanol–water partition coefficient (Wildman–Crippen LogP) is 6.35. The van der Waals surface area contributed by atoms with E-state index in [1.165, 1.54) is 0 Å². The van der Waals surface area contributed by atoms with E-state index in [9.17, 15) is 9.59 Å². The number of anilines is 1. The second-order valence-corrected chi connectivity index (χ2v) is 15.8. The summed E-state index contributed by atoms with van der Waals surface area (Å²) in [5, 5.41) is 4.95. The van der Waals surface area contributed by atoms with Crippen molar-refractivity contribution in [1.29, 1.82) is 0 Å². The highest BCUT2D eigenvalue weighted by Gasteiger charge is 2.52. The van der Waals surface area contributed by atoms with Crippen LogP contribution in [0.5, 0.6) is 5.75 Å². The van der Waals surface area contributed by atoms with Crippen LogP contribution < -0.4 is 20.1 Å². The number of nitrogens with one attached hydrogen (secondary N) is 1. The lowest BCUT2D eigenvalue weighted by atomic mass is 10.0. The maximum atomic E-state index is 12.6. The van der Waals surface area contributed by atoms with Gasteiger partial charge in [0.1, 0.15) is 17.6 Å².